The van der Waals surface area contributed by atoms with Gasteiger partial charge in [0.2, 0.25) is 0 Å². The number of ether oxygens (including phenoxy) is 1. The van der Waals surface area contributed by atoms with E-state index in [0.717, 1.165) is 10.8 Å². The van der Waals surface area contributed by atoms with Crippen LogP contribution in [-0.4, -0.2) is 39.2 Å². The molecule has 0 radical (unpaired) electrons. The Bertz CT molecular complexity index is 678. The second-order valence-corrected chi connectivity index (χ2v) is 6.19. The van der Waals surface area contributed by atoms with Crippen molar-refractivity contribution in [2.24, 2.45) is 0 Å². The summed E-state index contributed by atoms with van der Waals surface area (Å²) < 4.78 is 29.8. The Morgan fingerprint density at radius 1 is 1.22 bits per heavy atom. The molecule has 23 heavy (non-hydrogen) atoms. The van der Waals surface area contributed by atoms with Crippen LogP contribution in [0.4, 0.5) is 5.69 Å². The monoisotopic (exact) mass is 337 g/mol. The Hall–Kier alpha value is -1.67. The van der Waals surface area contributed by atoms with Gasteiger partial charge in [-0.05, 0) is 12.1 Å². The standard InChI is InChI=1S/C16H22N2O4S/c1-11(2)17-9-12(19)10-22-16-8-7-15(18-23(20)21)13-5-3-4-6-14(13)16/h3-8,11-12,17-19H,9-10H2,1-2H3,(H,20,21)/p-1. The number of fused-ring (bicyclic) bond motifs is 1. The molecule has 0 heterocycles. The second kappa shape index (κ2) is 8.26. The van der Waals surface area contributed by atoms with E-state index in [2.05, 4.69) is 10.0 Å². The molecular formula is C16H21N2O4S-. The van der Waals surface area contributed by atoms with E-state index in [4.69, 9.17) is 4.74 Å². The van der Waals surface area contributed by atoms with Gasteiger partial charge in [-0.3, -0.25) is 4.21 Å². The minimum absolute atomic E-state index is 0.157. The lowest BCUT2D eigenvalue weighted by Crippen LogP contribution is -2.35. The maximum absolute atomic E-state index is 10.9. The van der Waals surface area contributed by atoms with Crippen molar-refractivity contribution in [1.29, 1.82) is 0 Å². The van der Waals surface area contributed by atoms with Gasteiger partial charge in [-0.2, -0.15) is 0 Å². The van der Waals surface area contributed by atoms with E-state index in [1.165, 1.54) is 0 Å². The second-order valence-electron chi connectivity index (χ2n) is 5.52. The summed E-state index contributed by atoms with van der Waals surface area (Å²) in [5.41, 5.74) is 0.489. The molecule has 2 atom stereocenters. The fraction of sp³-hybridized carbons (Fsp3) is 0.375. The smallest absolute Gasteiger partial charge is 0.127 e. The molecule has 0 amide bonds. The van der Waals surface area contributed by atoms with Crippen LogP contribution in [0.3, 0.4) is 0 Å². The van der Waals surface area contributed by atoms with Gasteiger partial charge in [0.05, 0.1) is 5.69 Å². The van der Waals surface area contributed by atoms with Crippen LogP contribution >= 0.6 is 0 Å². The fourth-order valence-electron chi connectivity index (χ4n) is 2.19. The van der Waals surface area contributed by atoms with Crippen LogP contribution in [0, 0.1) is 0 Å². The Morgan fingerprint density at radius 3 is 2.57 bits per heavy atom. The molecule has 0 spiro atoms. The van der Waals surface area contributed by atoms with Gasteiger partial charge in [0.25, 0.3) is 0 Å². The van der Waals surface area contributed by atoms with Crippen molar-refractivity contribution in [3.63, 3.8) is 0 Å². The highest BCUT2D eigenvalue weighted by Gasteiger charge is 2.10. The third-order valence-corrected chi connectivity index (χ3v) is 3.66. The predicted octanol–water partition coefficient (Wildman–Crippen LogP) is 1.78. The third-order valence-electron chi connectivity index (χ3n) is 3.27. The molecule has 0 aliphatic rings. The number of nitrogens with one attached hydrogen (secondary N) is 2. The number of anilines is 1. The van der Waals surface area contributed by atoms with Crippen LogP contribution in [0.15, 0.2) is 36.4 Å². The first-order valence-corrected chi connectivity index (χ1v) is 8.46. The number of hydrogen-bond acceptors (Lipinski definition) is 5. The molecule has 0 aliphatic heterocycles. The summed E-state index contributed by atoms with van der Waals surface area (Å²) in [6.45, 7) is 4.62. The van der Waals surface area contributed by atoms with Crippen molar-refractivity contribution in [3.8, 4) is 5.75 Å². The quantitative estimate of drug-likeness (QED) is 0.639. The van der Waals surface area contributed by atoms with Gasteiger partial charge in [0.15, 0.2) is 0 Å². The van der Waals surface area contributed by atoms with E-state index in [1.807, 2.05) is 38.1 Å². The predicted molar refractivity (Wildman–Crippen MR) is 91.1 cm³/mol. The van der Waals surface area contributed by atoms with Gasteiger partial charge in [-0.25, -0.2) is 0 Å². The van der Waals surface area contributed by atoms with Crippen molar-refractivity contribution in [3.05, 3.63) is 36.4 Å². The molecule has 2 rings (SSSR count). The van der Waals surface area contributed by atoms with E-state index in [9.17, 15) is 13.9 Å². The van der Waals surface area contributed by atoms with Crippen LogP contribution in [0.2, 0.25) is 0 Å². The topological polar surface area (TPSA) is 93.7 Å². The maximum Gasteiger partial charge on any atom is 0.127 e. The molecule has 7 heteroatoms. The minimum Gasteiger partial charge on any atom is -0.755 e. The van der Waals surface area contributed by atoms with E-state index in [-0.39, 0.29) is 6.61 Å². The van der Waals surface area contributed by atoms with E-state index in [1.54, 1.807) is 12.1 Å². The van der Waals surface area contributed by atoms with Gasteiger partial charge in [0, 0.05) is 34.6 Å². The average molecular weight is 337 g/mol. The van der Waals surface area contributed by atoms with Gasteiger partial charge in [0.1, 0.15) is 18.5 Å². The highest BCUT2D eigenvalue weighted by atomic mass is 32.2. The Balaban J connectivity index is 2.14. The lowest BCUT2D eigenvalue weighted by Gasteiger charge is -2.17. The van der Waals surface area contributed by atoms with Crippen molar-refractivity contribution < 1.29 is 18.6 Å². The molecule has 2 unspecified atom stereocenters. The third kappa shape index (κ3) is 5.18. The molecular weight excluding hydrogens is 316 g/mol. The number of aliphatic hydroxyl groups is 1. The zero-order chi connectivity index (χ0) is 16.8. The first kappa shape index (κ1) is 17.7. The summed E-state index contributed by atoms with van der Waals surface area (Å²) in [6, 6.07) is 11.0. The largest absolute Gasteiger partial charge is 0.755 e. The number of aliphatic hydroxyl groups excluding tert-OH is 1. The summed E-state index contributed by atoms with van der Waals surface area (Å²) in [5.74, 6) is 0.603. The van der Waals surface area contributed by atoms with Gasteiger partial charge in [-0.15, -0.1) is 0 Å². The Kier molecular flexibility index (Phi) is 6.35. The summed E-state index contributed by atoms with van der Waals surface area (Å²) in [4.78, 5) is 0. The van der Waals surface area contributed by atoms with Crippen LogP contribution < -0.4 is 14.8 Å². The van der Waals surface area contributed by atoms with Crippen molar-refractivity contribution in [2.75, 3.05) is 17.9 Å². The molecule has 0 saturated carbocycles. The van der Waals surface area contributed by atoms with Gasteiger partial charge >= 0.3 is 0 Å². The first-order chi connectivity index (χ1) is 11.0. The highest BCUT2D eigenvalue weighted by Crippen LogP contribution is 2.31. The summed E-state index contributed by atoms with van der Waals surface area (Å²) in [7, 11) is 0. The molecule has 0 bridgehead atoms. The molecule has 0 fully saturated rings. The molecule has 126 valence electrons. The Morgan fingerprint density at radius 2 is 1.91 bits per heavy atom. The lowest BCUT2D eigenvalue weighted by atomic mass is 10.1. The van der Waals surface area contributed by atoms with Crippen LogP contribution in [-0.2, 0) is 11.3 Å². The van der Waals surface area contributed by atoms with Crippen LogP contribution in [0.5, 0.6) is 5.75 Å². The molecule has 3 N–H and O–H groups in total. The zero-order valence-electron chi connectivity index (χ0n) is 13.1. The van der Waals surface area contributed by atoms with Crippen molar-refractivity contribution in [2.45, 2.75) is 26.0 Å². The molecule has 0 aliphatic carbocycles. The van der Waals surface area contributed by atoms with Crippen LogP contribution in [0.1, 0.15) is 13.8 Å². The normalized spacial score (nSPS) is 14.0. The van der Waals surface area contributed by atoms with E-state index < -0.39 is 17.4 Å². The molecule has 0 aromatic heterocycles. The molecule has 2 aromatic carbocycles. The first-order valence-electron chi connectivity index (χ1n) is 7.39. The highest BCUT2D eigenvalue weighted by molar-refractivity contribution is 7.80. The van der Waals surface area contributed by atoms with Crippen LogP contribution in [0.25, 0.3) is 10.8 Å². The SMILES string of the molecule is CC(C)NCC(O)COc1ccc(NS(=O)[O-])c2ccccc12. The summed E-state index contributed by atoms with van der Waals surface area (Å²) in [5, 5.41) is 14.6. The summed E-state index contributed by atoms with van der Waals surface area (Å²) in [6.07, 6.45) is -0.622. The number of hydrogen-bond donors (Lipinski definition) is 3. The van der Waals surface area contributed by atoms with E-state index in [0.29, 0.717) is 24.0 Å². The molecule has 0 saturated heterocycles. The van der Waals surface area contributed by atoms with Gasteiger partial charge < -0.3 is 24.4 Å². The average Bonchev–Trinajstić information content (AvgIpc) is 2.51. The molecule has 2 aromatic rings. The summed E-state index contributed by atoms with van der Waals surface area (Å²) >= 11 is -2.39. The number of rotatable bonds is 8. The van der Waals surface area contributed by atoms with Gasteiger partial charge in [-0.1, -0.05) is 38.1 Å². The van der Waals surface area contributed by atoms with Crippen molar-refractivity contribution >= 4 is 27.7 Å². The number of benzene rings is 2. The van der Waals surface area contributed by atoms with Crippen molar-refractivity contribution in [1.82, 2.24) is 5.32 Å². The lowest BCUT2D eigenvalue weighted by molar-refractivity contribution is 0.105. The maximum atomic E-state index is 10.9. The molecule has 6 nitrogen and oxygen atoms in total. The van der Waals surface area contributed by atoms with E-state index >= 15 is 0 Å². The Labute approximate surface area is 138 Å². The zero-order valence-corrected chi connectivity index (χ0v) is 13.9. The fourth-order valence-corrected chi connectivity index (χ4v) is 2.55. The minimum atomic E-state index is -2.39.